The van der Waals surface area contributed by atoms with Gasteiger partial charge in [-0.15, -0.1) is 0 Å². The fourth-order valence-corrected chi connectivity index (χ4v) is 3.52. The maximum Gasteiger partial charge on any atom is 0.254 e. The minimum atomic E-state index is 0.0379. The van der Waals surface area contributed by atoms with E-state index in [9.17, 15) is 4.79 Å². The molecule has 6 nitrogen and oxygen atoms in total. The second-order valence-corrected chi connectivity index (χ2v) is 7.12. The molecule has 1 saturated heterocycles. The Hall–Kier alpha value is -1.95. The highest BCUT2D eigenvalue weighted by Gasteiger charge is 2.28. The van der Waals surface area contributed by atoms with E-state index < -0.39 is 0 Å². The van der Waals surface area contributed by atoms with Crippen LogP contribution >= 0.6 is 0 Å². The number of likely N-dealkylation sites (tertiary alicyclic amines) is 1. The fourth-order valence-electron chi connectivity index (χ4n) is 3.52. The third-order valence-corrected chi connectivity index (χ3v) is 5.25. The quantitative estimate of drug-likeness (QED) is 0.884. The molecule has 0 unspecified atom stereocenters. The summed E-state index contributed by atoms with van der Waals surface area (Å²) in [4.78, 5) is 14.8. The van der Waals surface area contributed by atoms with E-state index in [0.29, 0.717) is 42.1 Å². The van der Waals surface area contributed by atoms with E-state index in [1.165, 1.54) is 12.8 Å². The molecule has 2 fully saturated rings. The molecule has 0 bridgehead atoms. The molecule has 4 rings (SSSR count). The van der Waals surface area contributed by atoms with Crippen LogP contribution in [0.1, 0.15) is 36.0 Å². The molecule has 1 aliphatic carbocycles. The molecule has 6 heteroatoms. The number of methoxy groups -OCH3 is 1. The maximum atomic E-state index is 12.9. The summed E-state index contributed by atoms with van der Waals surface area (Å²) in [6.45, 7) is 3.71. The van der Waals surface area contributed by atoms with Gasteiger partial charge in [-0.3, -0.25) is 4.79 Å². The molecule has 1 aromatic rings. The number of piperidine rings is 1. The number of carbonyl (C=O) groups excluding carboxylic acids is 1. The molecule has 2 aliphatic heterocycles. The largest absolute Gasteiger partial charge is 0.493 e. The Morgan fingerprint density at radius 1 is 1.20 bits per heavy atom. The molecule has 1 N–H and O–H groups in total. The van der Waals surface area contributed by atoms with Gasteiger partial charge >= 0.3 is 0 Å². The van der Waals surface area contributed by atoms with Gasteiger partial charge in [0.25, 0.3) is 5.91 Å². The Kier molecular flexibility index (Phi) is 4.70. The molecule has 1 saturated carbocycles. The van der Waals surface area contributed by atoms with Crippen molar-refractivity contribution in [2.75, 3.05) is 40.0 Å². The van der Waals surface area contributed by atoms with E-state index in [4.69, 9.17) is 14.2 Å². The van der Waals surface area contributed by atoms with Gasteiger partial charge in [0.15, 0.2) is 11.5 Å². The first-order chi connectivity index (χ1) is 12.2. The van der Waals surface area contributed by atoms with Crippen LogP contribution in [0.4, 0.5) is 0 Å². The maximum absolute atomic E-state index is 12.9. The summed E-state index contributed by atoms with van der Waals surface area (Å²) >= 11 is 0. The number of carbonyl (C=O) groups is 1. The van der Waals surface area contributed by atoms with Gasteiger partial charge in [0.1, 0.15) is 13.2 Å². The second-order valence-electron chi connectivity index (χ2n) is 7.12. The monoisotopic (exact) mass is 346 g/mol. The smallest absolute Gasteiger partial charge is 0.254 e. The summed E-state index contributed by atoms with van der Waals surface area (Å²) in [5.41, 5.74) is 0.602. The number of rotatable bonds is 5. The first-order valence-electron chi connectivity index (χ1n) is 9.25. The third-order valence-electron chi connectivity index (χ3n) is 5.25. The normalized spacial score (nSPS) is 20.4. The minimum absolute atomic E-state index is 0.0379. The molecule has 25 heavy (non-hydrogen) atoms. The van der Waals surface area contributed by atoms with Crippen molar-refractivity contribution >= 4 is 5.91 Å². The van der Waals surface area contributed by atoms with Crippen molar-refractivity contribution in [2.24, 2.45) is 5.92 Å². The Balaban J connectivity index is 1.40. The number of nitrogens with zero attached hydrogens (tertiary/aromatic N) is 1. The van der Waals surface area contributed by atoms with E-state index in [1.807, 2.05) is 4.90 Å². The predicted molar refractivity (Wildman–Crippen MR) is 93.6 cm³/mol. The van der Waals surface area contributed by atoms with E-state index in [2.05, 4.69) is 5.32 Å². The van der Waals surface area contributed by atoms with Crippen LogP contribution in [-0.2, 0) is 0 Å². The number of nitrogens with one attached hydrogen (secondary N) is 1. The van der Waals surface area contributed by atoms with Crippen LogP contribution in [0.2, 0.25) is 0 Å². The highest BCUT2D eigenvalue weighted by molar-refractivity contribution is 5.95. The SMILES string of the molecule is COc1cc(C(=O)N2CCC(NCC3CC3)CC2)cc2c1OCCO2. The van der Waals surface area contributed by atoms with E-state index in [1.54, 1.807) is 19.2 Å². The zero-order valence-corrected chi connectivity index (χ0v) is 14.8. The van der Waals surface area contributed by atoms with Crippen molar-refractivity contribution in [3.63, 3.8) is 0 Å². The molecule has 1 aromatic carbocycles. The molecule has 0 atom stereocenters. The van der Waals surface area contributed by atoms with Crippen molar-refractivity contribution in [2.45, 2.75) is 31.7 Å². The van der Waals surface area contributed by atoms with Crippen LogP contribution in [0, 0.1) is 5.92 Å². The number of ether oxygens (including phenoxy) is 3. The Morgan fingerprint density at radius 2 is 1.96 bits per heavy atom. The van der Waals surface area contributed by atoms with Crippen molar-refractivity contribution in [3.05, 3.63) is 17.7 Å². The Bertz CT molecular complexity index is 619. The molecule has 136 valence electrons. The first-order valence-corrected chi connectivity index (χ1v) is 9.25. The van der Waals surface area contributed by atoms with Crippen LogP contribution in [0.5, 0.6) is 17.2 Å². The number of hydrogen-bond acceptors (Lipinski definition) is 5. The van der Waals surface area contributed by atoms with Gasteiger partial charge in [-0.1, -0.05) is 0 Å². The number of benzene rings is 1. The van der Waals surface area contributed by atoms with Gasteiger partial charge in [0.05, 0.1) is 7.11 Å². The number of hydrogen-bond donors (Lipinski definition) is 1. The van der Waals surface area contributed by atoms with Crippen molar-refractivity contribution in [1.82, 2.24) is 10.2 Å². The lowest BCUT2D eigenvalue weighted by Gasteiger charge is -2.33. The second kappa shape index (κ2) is 7.12. The van der Waals surface area contributed by atoms with Crippen LogP contribution in [0.15, 0.2) is 12.1 Å². The summed E-state index contributed by atoms with van der Waals surface area (Å²) in [6, 6.07) is 4.07. The lowest BCUT2D eigenvalue weighted by Crippen LogP contribution is -2.45. The van der Waals surface area contributed by atoms with E-state index >= 15 is 0 Å². The topological polar surface area (TPSA) is 60.0 Å². The predicted octanol–water partition coefficient (Wildman–Crippen LogP) is 2.07. The molecule has 0 radical (unpaired) electrons. The average Bonchev–Trinajstić information content (AvgIpc) is 3.50. The van der Waals surface area contributed by atoms with Crippen LogP contribution in [0.25, 0.3) is 0 Å². The van der Waals surface area contributed by atoms with Crippen molar-refractivity contribution < 1.29 is 19.0 Å². The van der Waals surface area contributed by atoms with Gasteiger partial charge < -0.3 is 24.4 Å². The highest BCUT2D eigenvalue weighted by Crippen LogP contribution is 2.40. The molecule has 0 aromatic heterocycles. The van der Waals surface area contributed by atoms with Gasteiger partial charge in [-0.2, -0.15) is 0 Å². The standard InChI is InChI=1S/C19H26N2O4/c1-23-16-10-14(11-17-18(16)25-9-8-24-17)19(22)21-6-4-15(5-7-21)20-12-13-2-3-13/h10-11,13,15,20H,2-9,12H2,1H3. The van der Waals surface area contributed by atoms with Crippen LogP contribution in [0.3, 0.4) is 0 Å². The van der Waals surface area contributed by atoms with E-state index in [-0.39, 0.29) is 5.91 Å². The lowest BCUT2D eigenvalue weighted by atomic mass is 10.0. The average molecular weight is 346 g/mol. The number of amides is 1. The van der Waals surface area contributed by atoms with Crippen molar-refractivity contribution in [1.29, 1.82) is 0 Å². The summed E-state index contributed by atoms with van der Waals surface area (Å²) in [6.07, 6.45) is 4.77. The summed E-state index contributed by atoms with van der Waals surface area (Å²) < 4.78 is 16.6. The summed E-state index contributed by atoms with van der Waals surface area (Å²) in [7, 11) is 1.58. The Labute approximate surface area is 148 Å². The minimum Gasteiger partial charge on any atom is -0.493 e. The van der Waals surface area contributed by atoms with Gasteiger partial charge in [0.2, 0.25) is 5.75 Å². The fraction of sp³-hybridized carbons (Fsp3) is 0.632. The van der Waals surface area contributed by atoms with Crippen LogP contribution < -0.4 is 19.5 Å². The molecule has 2 heterocycles. The molecular formula is C19H26N2O4. The molecule has 1 amide bonds. The molecular weight excluding hydrogens is 320 g/mol. The van der Waals surface area contributed by atoms with Gasteiger partial charge in [-0.05, 0) is 50.3 Å². The van der Waals surface area contributed by atoms with Crippen molar-refractivity contribution in [3.8, 4) is 17.2 Å². The zero-order valence-electron chi connectivity index (χ0n) is 14.8. The van der Waals surface area contributed by atoms with Gasteiger partial charge in [-0.25, -0.2) is 0 Å². The van der Waals surface area contributed by atoms with Gasteiger partial charge in [0, 0.05) is 24.7 Å². The molecule has 3 aliphatic rings. The summed E-state index contributed by atoms with van der Waals surface area (Å²) in [5.74, 6) is 2.67. The lowest BCUT2D eigenvalue weighted by molar-refractivity contribution is 0.0703. The van der Waals surface area contributed by atoms with Crippen LogP contribution in [-0.4, -0.2) is 56.8 Å². The Morgan fingerprint density at radius 3 is 2.68 bits per heavy atom. The summed E-state index contributed by atoms with van der Waals surface area (Å²) in [5, 5.41) is 3.65. The first kappa shape index (κ1) is 16.5. The zero-order chi connectivity index (χ0) is 17.2. The van der Waals surface area contributed by atoms with E-state index in [0.717, 1.165) is 38.4 Å². The highest BCUT2D eigenvalue weighted by atomic mass is 16.6. The number of fused-ring (bicyclic) bond motifs is 1. The third kappa shape index (κ3) is 3.68. The molecule has 0 spiro atoms.